The van der Waals surface area contributed by atoms with Gasteiger partial charge in [0.25, 0.3) is 0 Å². The van der Waals surface area contributed by atoms with E-state index in [-0.39, 0.29) is 11.3 Å². The number of benzene rings is 1. The zero-order valence-electron chi connectivity index (χ0n) is 7.91. The van der Waals surface area contributed by atoms with Crippen molar-refractivity contribution >= 4 is 5.97 Å². The summed E-state index contributed by atoms with van der Waals surface area (Å²) in [6, 6.07) is 3.81. The van der Waals surface area contributed by atoms with Gasteiger partial charge in [-0.1, -0.05) is 0 Å². The first-order chi connectivity index (χ1) is 7.59. The molecule has 0 spiro atoms. The number of carboxylic acids is 1. The smallest absolute Gasteiger partial charge is 0.347 e. The van der Waals surface area contributed by atoms with Crippen LogP contribution in [0, 0.1) is 0 Å². The number of aromatic nitrogens is 3. The van der Waals surface area contributed by atoms with Crippen LogP contribution in [0.1, 0.15) is 10.4 Å². The highest BCUT2D eigenvalue weighted by Crippen LogP contribution is 2.19. The lowest BCUT2D eigenvalue weighted by Crippen LogP contribution is -2.14. The van der Waals surface area contributed by atoms with Crippen LogP contribution in [0.4, 0.5) is 0 Å². The largest absolute Gasteiger partial charge is 0.507 e. The van der Waals surface area contributed by atoms with Crippen molar-refractivity contribution in [1.29, 1.82) is 0 Å². The Bertz CT molecular complexity index is 599. The minimum Gasteiger partial charge on any atom is -0.507 e. The van der Waals surface area contributed by atoms with Crippen molar-refractivity contribution in [3.63, 3.8) is 0 Å². The molecular formula is C9H7N3O4. The fourth-order valence-electron chi connectivity index (χ4n) is 1.28. The topological polar surface area (TPSA) is 108 Å². The molecule has 0 bridgehead atoms. The van der Waals surface area contributed by atoms with Gasteiger partial charge in [-0.15, -0.1) is 0 Å². The van der Waals surface area contributed by atoms with Crippen LogP contribution < -0.4 is 5.69 Å². The van der Waals surface area contributed by atoms with E-state index in [0.717, 1.165) is 4.57 Å². The van der Waals surface area contributed by atoms with Crippen molar-refractivity contribution in [1.82, 2.24) is 14.8 Å². The number of phenols is 1. The Hall–Kier alpha value is -2.57. The molecule has 0 saturated heterocycles. The average Bonchev–Trinajstić information content (AvgIpc) is 2.65. The van der Waals surface area contributed by atoms with Crippen molar-refractivity contribution in [2.75, 3.05) is 0 Å². The van der Waals surface area contributed by atoms with Gasteiger partial charge in [-0.25, -0.2) is 19.3 Å². The summed E-state index contributed by atoms with van der Waals surface area (Å²) in [5.41, 5.74) is -0.443. The van der Waals surface area contributed by atoms with Crippen LogP contribution >= 0.6 is 0 Å². The molecule has 0 radical (unpaired) electrons. The van der Waals surface area contributed by atoms with Gasteiger partial charge in [-0.2, -0.15) is 5.10 Å². The van der Waals surface area contributed by atoms with Crippen LogP contribution in [0.25, 0.3) is 5.69 Å². The summed E-state index contributed by atoms with van der Waals surface area (Å²) in [7, 11) is 0. The van der Waals surface area contributed by atoms with Crippen LogP contribution in [-0.4, -0.2) is 30.9 Å². The minimum absolute atomic E-state index is 0.273. The van der Waals surface area contributed by atoms with Gasteiger partial charge in [-0.3, -0.25) is 0 Å². The van der Waals surface area contributed by atoms with Gasteiger partial charge >= 0.3 is 11.7 Å². The summed E-state index contributed by atoms with van der Waals surface area (Å²) < 4.78 is 1.13. The molecule has 0 aliphatic rings. The summed E-state index contributed by atoms with van der Waals surface area (Å²) in [5.74, 6) is -1.62. The molecule has 0 saturated carbocycles. The van der Waals surface area contributed by atoms with Crippen molar-refractivity contribution in [3.05, 3.63) is 40.6 Å². The Labute approximate surface area is 88.6 Å². The molecule has 2 rings (SSSR count). The number of H-pyrrole nitrogens is 1. The summed E-state index contributed by atoms with van der Waals surface area (Å²) in [5, 5.41) is 23.8. The molecule has 1 aromatic carbocycles. The third kappa shape index (κ3) is 1.54. The fraction of sp³-hybridized carbons (Fsp3) is 0. The standard InChI is InChI=1S/C9H7N3O4/c13-7-2-1-5(3-6(7)8(14)15)12-4-10-11-9(12)16/h1-4,13H,(H,11,16)(H,14,15). The maximum atomic E-state index is 11.2. The van der Waals surface area contributed by atoms with Crippen molar-refractivity contribution in [2.45, 2.75) is 0 Å². The fourth-order valence-corrected chi connectivity index (χ4v) is 1.28. The van der Waals surface area contributed by atoms with Crippen molar-refractivity contribution < 1.29 is 15.0 Å². The molecule has 0 atom stereocenters. The van der Waals surface area contributed by atoms with Gasteiger partial charge in [0.1, 0.15) is 17.6 Å². The quantitative estimate of drug-likeness (QED) is 0.659. The lowest BCUT2D eigenvalue weighted by Gasteiger charge is -2.03. The van der Waals surface area contributed by atoms with E-state index in [0.29, 0.717) is 5.69 Å². The summed E-state index contributed by atoms with van der Waals surface area (Å²) in [6.45, 7) is 0. The Morgan fingerprint density at radius 1 is 1.44 bits per heavy atom. The molecule has 2 aromatic rings. The zero-order valence-corrected chi connectivity index (χ0v) is 7.91. The molecule has 7 nitrogen and oxygen atoms in total. The highest BCUT2D eigenvalue weighted by molar-refractivity contribution is 5.91. The SMILES string of the molecule is O=C(O)c1cc(-n2cn[nH]c2=O)ccc1O. The van der Waals surface area contributed by atoms with E-state index in [2.05, 4.69) is 10.2 Å². The number of nitrogens with zero attached hydrogens (tertiary/aromatic N) is 2. The molecule has 3 N–H and O–H groups in total. The molecule has 0 amide bonds. The first kappa shape index (κ1) is 9.97. The van der Waals surface area contributed by atoms with Crippen LogP contribution in [0.3, 0.4) is 0 Å². The number of aromatic carboxylic acids is 1. The lowest BCUT2D eigenvalue weighted by atomic mass is 10.2. The highest BCUT2D eigenvalue weighted by Gasteiger charge is 2.11. The number of carbonyl (C=O) groups is 1. The van der Waals surface area contributed by atoms with Gasteiger partial charge in [0.2, 0.25) is 0 Å². The maximum Gasteiger partial charge on any atom is 0.347 e. The minimum atomic E-state index is -1.27. The number of hydrogen-bond acceptors (Lipinski definition) is 4. The molecule has 0 aliphatic heterocycles. The lowest BCUT2D eigenvalue weighted by molar-refractivity contribution is 0.0693. The Morgan fingerprint density at radius 3 is 2.75 bits per heavy atom. The molecule has 16 heavy (non-hydrogen) atoms. The van der Waals surface area contributed by atoms with E-state index in [1.165, 1.54) is 24.5 Å². The van der Waals surface area contributed by atoms with E-state index in [4.69, 9.17) is 5.11 Å². The number of hydrogen-bond donors (Lipinski definition) is 3. The van der Waals surface area contributed by atoms with E-state index in [1.54, 1.807) is 0 Å². The molecule has 7 heteroatoms. The predicted octanol–water partition coefficient (Wildman–Crippen LogP) is -0.0356. The number of rotatable bonds is 2. The second-order valence-electron chi connectivity index (χ2n) is 3.04. The molecule has 1 heterocycles. The van der Waals surface area contributed by atoms with Gasteiger partial charge in [0.15, 0.2) is 0 Å². The van der Waals surface area contributed by atoms with Crippen LogP contribution in [0.5, 0.6) is 5.75 Å². The Morgan fingerprint density at radius 2 is 2.19 bits per heavy atom. The van der Waals surface area contributed by atoms with Gasteiger partial charge in [0, 0.05) is 0 Å². The summed E-state index contributed by atoms with van der Waals surface area (Å²) in [4.78, 5) is 22.0. The zero-order chi connectivity index (χ0) is 11.7. The van der Waals surface area contributed by atoms with Gasteiger partial charge in [0.05, 0.1) is 5.69 Å². The van der Waals surface area contributed by atoms with Crippen molar-refractivity contribution in [3.8, 4) is 11.4 Å². The number of aromatic hydroxyl groups is 1. The van der Waals surface area contributed by atoms with Crippen LogP contribution in [0.2, 0.25) is 0 Å². The van der Waals surface area contributed by atoms with Gasteiger partial charge in [-0.05, 0) is 18.2 Å². The molecule has 82 valence electrons. The van der Waals surface area contributed by atoms with E-state index >= 15 is 0 Å². The van der Waals surface area contributed by atoms with E-state index in [9.17, 15) is 14.7 Å². The normalized spacial score (nSPS) is 10.2. The average molecular weight is 221 g/mol. The molecule has 1 aromatic heterocycles. The van der Waals surface area contributed by atoms with Gasteiger partial charge < -0.3 is 10.2 Å². The highest BCUT2D eigenvalue weighted by atomic mass is 16.4. The second-order valence-corrected chi connectivity index (χ2v) is 3.04. The second kappa shape index (κ2) is 3.54. The Balaban J connectivity index is 2.61. The third-order valence-electron chi connectivity index (χ3n) is 2.04. The van der Waals surface area contributed by atoms with Crippen molar-refractivity contribution in [2.24, 2.45) is 0 Å². The monoisotopic (exact) mass is 221 g/mol. The number of carboxylic acid groups (broad SMARTS) is 1. The summed E-state index contributed by atoms with van der Waals surface area (Å²) >= 11 is 0. The van der Waals surface area contributed by atoms with E-state index < -0.39 is 11.7 Å². The number of aromatic amines is 1. The molecule has 0 fully saturated rings. The first-order valence-electron chi connectivity index (χ1n) is 4.28. The first-order valence-corrected chi connectivity index (χ1v) is 4.28. The van der Waals surface area contributed by atoms with Crippen LogP contribution in [0.15, 0.2) is 29.3 Å². The molecule has 0 unspecified atom stereocenters. The summed E-state index contributed by atoms with van der Waals surface area (Å²) in [6.07, 6.45) is 1.22. The van der Waals surface area contributed by atoms with E-state index in [1.807, 2.05) is 0 Å². The maximum absolute atomic E-state index is 11.2. The predicted molar refractivity (Wildman–Crippen MR) is 52.8 cm³/mol. The van der Waals surface area contributed by atoms with Crippen LogP contribution in [-0.2, 0) is 0 Å². The molecular weight excluding hydrogens is 214 g/mol. The third-order valence-corrected chi connectivity index (χ3v) is 2.04. The molecule has 0 aliphatic carbocycles. The number of nitrogens with one attached hydrogen (secondary N) is 1. The Kier molecular flexibility index (Phi) is 2.20.